The van der Waals surface area contributed by atoms with Crippen LogP contribution in [0.4, 0.5) is 10.5 Å². The van der Waals surface area contributed by atoms with E-state index in [0.29, 0.717) is 0 Å². The maximum Gasteiger partial charge on any atom is 0.373 e. The summed E-state index contributed by atoms with van der Waals surface area (Å²) in [6.07, 6.45) is -0.106. The predicted octanol–water partition coefficient (Wildman–Crippen LogP) is 2.66. The van der Waals surface area contributed by atoms with Gasteiger partial charge < -0.3 is 23.9 Å². The van der Waals surface area contributed by atoms with E-state index in [4.69, 9.17) is 20.8 Å². The Hall–Kier alpha value is -4.39. The van der Waals surface area contributed by atoms with E-state index >= 15 is 0 Å². The van der Waals surface area contributed by atoms with Crippen LogP contribution < -0.4 is 10.1 Å². The molecule has 2 heterocycles. The number of nitro benzene ring substituents is 1. The van der Waals surface area contributed by atoms with Crippen LogP contribution in [-0.2, 0) is 25.6 Å². The standard InChI is InChI=1S/C21H18ClN3O10/c1-10(19(27)32-2)34-17-11(6-12(22)8-15(17)25(30)31)7-14-18(26)24(21(29)23-14)9-13-4-5-16(35-13)20(28)33-3/h4-8,10H,9H2,1-3H3,(H,23,29)/b14-7-/t10-/m1/s1. The number of urea groups is 1. The maximum absolute atomic E-state index is 12.9. The summed E-state index contributed by atoms with van der Waals surface area (Å²) in [5.41, 5.74) is -0.863. The highest BCUT2D eigenvalue weighted by Gasteiger charge is 2.35. The number of nitrogens with zero attached hydrogens (tertiary/aromatic N) is 2. The van der Waals surface area contributed by atoms with Gasteiger partial charge in [-0.25, -0.2) is 14.4 Å². The van der Waals surface area contributed by atoms with Gasteiger partial charge in [0.15, 0.2) is 6.10 Å². The second-order valence-electron chi connectivity index (χ2n) is 7.02. The average molecular weight is 508 g/mol. The van der Waals surface area contributed by atoms with Crippen LogP contribution >= 0.6 is 11.6 Å². The predicted molar refractivity (Wildman–Crippen MR) is 117 cm³/mol. The van der Waals surface area contributed by atoms with Crippen LogP contribution in [0.5, 0.6) is 5.75 Å². The molecule has 0 unspecified atom stereocenters. The molecule has 1 aliphatic heterocycles. The van der Waals surface area contributed by atoms with Gasteiger partial charge in [-0.15, -0.1) is 0 Å². The van der Waals surface area contributed by atoms with Gasteiger partial charge in [0.05, 0.1) is 25.7 Å². The highest BCUT2D eigenvalue weighted by Crippen LogP contribution is 2.37. The summed E-state index contributed by atoms with van der Waals surface area (Å²) in [5, 5.41) is 13.9. The molecule has 184 valence electrons. The maximum atomic E-state index is 12.9. The van der Waals surface area contributed by atoms with Crippen LogP contribution in [0.25, 0.3) is 6.08 Å². The first-order chi connectivity index (χ1) is 16.5. The van der Waals surface area contributed by atoms with E-state index in [1.807, 2.05) is 0 Å². The fourth-order valence-electron chi connectivity index (χ4n) is 3.06. The lowest BCUT2D eigenvalue weighted by Crippen LogP contribution is -2.30. The number of nitro groups is 1. The van der Waals surface area contributed by atoms with Gasteiger partial charge >= 0.3 is 23.7 Å². The average Bonchev–Trinajstić information content (AvgIpc) is 3.39. The monoisotopic (exact) mass is 507 g/mol. The number of methoxy groups -OCH3 is 2. The molecule has 3 amide bonds. The number of carbonyl (C=O) groups excluding carboxylic acids is 4. The zero-order chi connectivity index (χ0) is 25.9. The summed E-state index contributed by atoms with van der Waals surface area (Å²) in [4.78, 5) is 60.2. The number of hydrogen-bond donors (Lipinski definition) is 1. The minimum atomic E-state index is -1.23. The Labute approximate surface area is 202 Å². The van der Waals surface area contributed by atoms with Crippen molar-refractivity contribution in [2.75, 3.05) is 14.2 Å². The Morgan fingerprint density at radius 1 is 1.26 bits per heavy atom. The van der Waals surface area contributed by atoms with Crippen LogP contribution in [0.15, 0.2) is 34.4 Å². The molecule has 2 aromatic rings. The summed E-state index contributed by atoms with van der Waals surface area (Å²) < 4.78 is 19.9. The number of imide groups is 1. The zero-order valence-electron chi connectivity index (χ0n) is 18.5. The van der Waals surface area contributed by atoms with Crippen molar-refractivity contribution in [1.29, 1.82) is 0 Å². The molecule has 35 heavy (non-hydrogen) atoms. The summed E-state index contributed by atoms with van der Waals surface area (Å²) in [6, 6.07) is 4.19. The fourth-order valence-corrected chi connectivity index (χ4v) is 3.28. The number of amides is 3. The third-order valence-electron chi connectivity index (χ3n) is 4.71. The van der Waals surface area contributed by atoms with Gasteiger partial charge in [0.1, 0.15) is 11.5 Å². The molecule has 1 atom stereocenters. The zero-order valence-corrected chi connectivity index (χ0v) is 19.3. The number of rotatable bonds is 8. The van der Waals surface area contributed by atoms with Gasteiger partial charge in [-0.3, -0.25) is 19.8 Å². The van der Waals surface area contributed by atoms with Gasteiger partial charge in [-0.05, 0) is 31.2 Å². The second kappa shape index (κ2) is 10.3. The molecule has 1 fully saturated rings. The van der Waals surface area contributed by atoms with Gasteiger partial charge in [-0.1, -0.05) is 11.6 Å². The third-order valence-corrected chi connectivity index (χ3v) is 4.93. The molecule has 1 aromatic carbocycles. The van der Waals surface area contributed by atoms with Crippen molar-refractivity contribution >= 4 is 47.2 Å². The number of nitrogens with one attached hydrogen (secondary N) is 1. The van der Waals surface area contributed by atoms with Crippen molar-refractivity contribution < 1.29 is 42.7 Å². The van der Waals surface area contributed by atoms with Crippen molar-refractivity contribution in [2.24, 2.45) is 0 Å². The van der Waals surface area contributed by atoms with Gasteiger partial charge in [0, 0.05) is 16.7 Å². The minimum absolute atomic E-state index is 0.0450. The molecular weight excluding hydrogens is 490 g/mol. The lowest BCUT2D eigenvalue weighted by molar-refractivity contribution is -0.386. The molecule has 0 saturated carbocycles. The minimum Gasteiger partial charge on any atom is -0.471 e. The first-order valence-electron chi connectivity index (χ1n) is 9.79. The van der Waals surface area contributed by atoms with Crippen LogP contribution in [0.3, 0.4) is 0 Å². The van der Waals surface area contributed by atoms with E-state index in [2.05, 4.69) is 14.8 Å². The Kier molecular flexibility index (Phi) is 7.40. The van der Waals surface area contributed by atoms with E-state index < -0.39 is 40.6 Å². The molecule has 0 spiro atoms. The second-order valence-corrected chi connectivity index (χ2v) is 7.46. The van der Waals surface area contributed by atoms with Crippen LogP contribution in [0.2, 0.25) is 5.02 Å². The molecule has 0 bridgehead atoms. The molecule has 13 nitrogen and oxygen atoms in total. The summed E-state index contributed by atoms with van der Waals surface area (Å²) >= 11 is 6.01. The van der Waals surface area contributed by atoms with E-state index in [0.717, 1.165) is 24.2 Å². The highest BCUT2D eigenvalue weighted by molar-refractivity contribution is 6.31. The van der Waals surface area contributed by atoms with E-state index in [-0.39, 0.29) is 40.1 Å². The number of ether oxygens (including phenoxy) is 3. The topological polar surface area (TPSA) is 168 Å². The van der Waals surface area contributed by atoms with Gasteiger partial charge in [0.2, 0.25) is 11.5 Å². The smallest absolute Gasteiger partial charge is 0.373 e. The highest BCUT2D eigenvalue weighted by atomic mass is 35.5. The molecule has 0 aliphatic carbocycles. The third kappa shape index (κ3) is 5.41. The summed E-state index contributed by atoms with van der Waals surface area (Å²) in [6.45, 7) is 1.01. The Bertz CT molecular complexity index is 1250. The number of hydrogen-bond acceptors (Lipinski definition) is 10. The summed E-state index contributed by atoms with van der Waals surface area (Å²) in [7, 11) is 2.29. The van der Waals surface area contributed by atoms with Crippen molar-refractivity contribution in [3.8, 4) is 5.75 Å². The molecule has 1 aliphatic rings. The van der Waals surface area contributed by atoms with E-state index in [1.54, 1.807) is 0 Å². The molecule has 14 heteroatoms. The molecule has 1 N–H and O–H groups in total. The first kappa shape index (κ1) is 25.2. The van der Waals surface area contributed by atoms with Crippen LogP contribution in [0.1, 0.15) is 28.8 Å². The summed E-state index contributed by atoms with van der Waals surface area (Å²) in [5.74, 6) is -2.67. The lowest BCUT2D eigenvalue weighted by atomic mass is 10.1. The van der Waals surface area contributed by atoms with Gasteiger partial charge in [-0.2, -0.15) is 0 Å². The van der Waals surface area contributed by atoms with E-state index in [1.165, 1.54) is 32.2 Å². The number of carbonyl (C=O) groups is 4. The molecule has 3 rings (SSSR count). The molecule has 0 radical (unpaired) electrons. The number of benzene rings is 1. The largest absolute Gasteiger partial charge is 0.471 e. The Balaban J connectivity index is 1.95. The molecule has 1 aromatic heterocycles. The van der Waals surface area contributed by atoms with Crippen molar-refractivity contribution in [1.82, 2.24) is 10.2 Å². The van der Waals surface area contributed by atoms with Crippen molar-refractivity contribution in [3.63, 3.8) is 0 Å². The normalized spacial score (nSPS) is 15.1. The first-order valence-corrected chi connectivity index (χ1v) is 10.2. The SMILES string of the molecule is COC(=O)c1ccc(CN2C(=O)N/C(=C\c3cc(Cl)cc([N+](=O)[O-])c3O[C@H](C)C(=O)OC)C2=O)o1. The Morgan fingerprint density at radius 2 is 1.97 bits per heavy atom. The van der Waals surface area contributed by atoms with Crippen LogP contribution in [-0.4, -0.2) is 54.0 Å². The quantitative estimate of drug-likeness (QED) is 0.184. The number of esters is 2. The number of halogens is 1. The molecular formula is C21H18ClN3O10. The van der Waals surface area contributed by atoms with Crippen LogP contribution in [0, 0.1) is 10.1 Å². The van der Waals surface area contributed by atoms with Crippen molar-refractivity contribution in [3.05, 3.63) is 62.2 Å². The number of furan rings is 1. The molecule has 1 saturated heterocycles. The lowest BCUT2D eigenvalue weighted by Gasteiger charge is -2.15. The van der Waals surface area contributed by atoms with Gasteiger partial charge in [0.25, 0.3) is 5.91 Å². The van der Waals surface area contributed by atoms with E-state index in [9.17, 15) is 29.3 Å². The Morgan fingerprint density at radius 3 is 2.60 bits per heavy atom. The fraction of sp³-hybridized carbons (Fsp3) is 0.238. The van der Waals surface area contributed by atoms with Crippen molar-refractivity contribution in [2.45, 2.75) is 19.6 Å².